The first-order valence-corrected chi connectivity index (χ1v) is 8.59. The lowest BCUT2D eigenvalue weighted by Crippen LogP contribution is -2.32. The Balaban J connectivity index is 1.92. The first-order valence-electron chi connectivity index (χ1n) is 7.71. The molecule has 2 aromatic rings. The number of nitrogens with zero attached hydrogens (tertiary/aromatic N) is 1. The van der Waals surface area contributed by atoms with Gasteiger partial charge in [0.25, 0.3) is 0 Å². The van der Waals surface area contributed by atoms with Gasteiger partial charge in [-0.25, -0.2) is 0 Å². The lowest BCUT2D eigenvalue weighted by molar-refractivity contribution is -0.137. The second-order valence-electron chi connectivity index (χ2n) is 5.68. The van der Waals surface area contributed by atoms with E-state index in [0.717, 1.165) is 38.2 Å². The number of alkyl halides is 3. The Bertz CT molecular complexity index is 600. The highest BCUT2D eigenvalue weighted by Gasteiger charge is 2.31. The Morgan fingerprint density at radius 1 is 1.04 bits per heavy atom. The molecule has 1 aromatic carbocycles. The van der Waals surface area contributed by atoms with E-state index in [-0.39, 0.29) is 6.04 Å². The molecule has 2 nitrogen and oxygen atoms in total. The van der Waals surface area contributed by atoms with E-state index in [1.807, 2.05) is 11.4 Å². The summed E-state index contributed by atoms with van der Waals surface area (Å²) in [6.45, 7) is 3.73. The minimum absolute atomic E-state index is 0.0252. The molecular weight excluding hydrogens is 321 g/mol. The van der Waals surface area contributed by atoms with Gasteiger partial charge in [0, 0.05) is 24.5 Å². The molecule has 124 valence electrons. The zero-order valence-electron chi connectivity index (χ0n) is 12.6. The molecule has 0 bridgehead atoms. The van der Waals surface area contributed by atoms with Crippen molar-refractivity contribution in [2.75, 3.05) is 26.2 Å². The largest absolute Gasteiger partial charge is 0.416 e. The van der Waals surface area contributed by atoms with Gasteiger partial charge in [-0.05, 0) is 42.1 Å². The van der Waals surface area contributed by atoms with Gasteiger partial charge in [-0.3, -0.25) is 4.90 Å². The van der Waals surface area contributed by atoms with Crippen LogP contribution in [0.5, 0.6) is 0 Å². The summed E-state index contributed by atoms with van der Waals surface area (Å²) in [5.41, 5.74) is 0.325. The van der Waals surface area contributed by atoms with Crippen LogP contribution in [0.3, 0.4) is 0 Å². The Morgan fingerprint density at radius 3 is 2.48 bits per heavy atom. The molecule has 0 amide bonds. The van der Waals surface area contributed by atoms with Crippen LogP contribution in [0.4, 0.5) is 13.2 Å². The second kappa shape index (κ2) is 7.03. The van der Waals surface area contributed by atoms with Crippen LogP contribution in [0, 0.1) is 0 Å². The predicted octanol–water partition coefficient (Wildman–Crippen LogP) is 4.15. The molecule has 2 heterocycles. The topological polar surface area (TPSA) is 15.3 Å². The summed E-state index contributed by atoms with van der Waals surface area (Å²) in [5, 5.41) is 5.39. The third-order valence-electron chi connectivity index (χ3n) is 4.11. The van der Waals surface area contributed by atoms with Crippen molar-refractivity contribution in [2.45, 2.75) is 18.6 Å². The molecule has 1 atom stereocenters. The van der Waals surface area contributed by atoms with Gasteiger partial charge < -0.3 is 5.32 Å². The summed E-state index contributed by atoms with van der Waals surface area (Å²) in [4.78, 5) is 3.53. The van der Waals surface area contributed by atoms with Gasteiger partial charge in [0.15, 0.2) is 0 Å². The minimum atomic E-state index is -4.29. The summed E-state index contributed by atoms with van der Waals surface area (Å²) < 4.78 is 38.4. The van der Waals surface area contributed by atoms with Crippen LogP contribution >= 0.6 is 11.3 Å². The van der Waals surface area contributed by atoms with Gasteiger partial charge in [0.1, 0.15) is 0 Å². The van der Waals surface area contributed by atoms with E-state index in [2.05, 4.69) is 16.3 Å². The normalized spacial score (nSPS) is 18.6. The molecule has 0 aliphatic carbocycles. The first kappa shape index (κ1) is 16.5. The lowest BCUT2D eigenvalue weighted by Gasteiger charge is -2.30. The Hall–Kier alpha value is -1.37. The fourth-order valence-corrected chi connectivity index (χ4v) is 3.87. The SMILES string of the molecule is FC(F)(F)c1ccc(C(c2cccs2)N2CCCNCC2)cc1. The zero-order chi connectivity index (χ0) is 16.3. The van der Waals surface area contributed by atoms with E-state index in [0.29, 0.717) is 0 Å². The predicted molar refractivity (Wildman–Crippen MR) is 86.7 cm³/mol. The van der Waals surface area contributed by atoms with Crippen LogP contribution in [-0.4, -0.2) is 31.1 Å². The van der Waals surface area contributed by atoms with Crippen molar-refractivity contribution in [1.29, 1.82) is 0 Å². The minimum Gasteiger partial charge on any atom is -0.315 e. The van der Waals surface area contributed by atoms with E-state index >= 15 is 0 Å². The zero-order valence-corrected chi connectivity index (χ0v) is 13.5. The van der Waals surface area contributed by atoms with Crippen molar-refractivity contribution in [1.82, 2.24) is 10.2 Å². The number of thiophene rings is 1. The van der Waals surface area contributed by atoms with Crippen LogP contribution in [0.1, 0.15) is 28.5 Å². The maximum atomic E-state index is 12.8. The van der Waals surface area contributed by atoms with Gasteiger partial charge in [0.05, 0.1) is 11.6 Å². The molecule has 0 radical (unpaired) electrons. The molecule has 1 N–H and O–H groups in total. The molecule has 6 heteroatoms. The first-order chi connectivity index (χ1) is 11.1. The molecule has 23 heavy (non-hydrogen) atoms. The van der Waals surface area contributed by atoms with E-state index in [9.17, 15) is 13.2 Å². The highest BCUT2D eigenvalue weighted by molar-refractivity contribution is 7.10. The number of halogens is 3. The molecule has 1 unspecified atom stereocenters. The molecule has 1 fully saturated rings. The van der Waals surface area contributed by atoms with Gasteiger partial charge >= 0.3 is 6.18 Å². The van der Waals surface area contributed by atoms with Crippen molar-refractivity contribution < 1.29 is 13.2 Å². The van der Waals surface area contributed by atoms with Crippen LogP contribution in [0.15, 0.2) is 41.8 Å². The maximum Gasteiger partial charge on any atom is 0.416 e. The Kier molecular flexibility index (Phi) is 5.04. The third kappa shape index (κ3) is 3.94. The fourth-order valence-electron chi connectivity index (χ4n) is 2.98. The van der Waals surface area contributed by atoms with E-state index in [1.54, 1.807) is 23.5 Å². The number of rotatable bonds is 3. The summed E-state index contributed by atoms with van der Waals surface area (Å²) in [5.74, 6) is 0. The monoisotopic (exact) mass is 340 g/mol. The average molecular weight is 340 g/mol. The van der Waals surface area contributed by atoms with Crippen LogP contribution in [0.25, 0.3) is 0 Å². The molecule has 0 spiro atoms. The number of hydrogen-bond acceptors (Lipinski definition) is 3. The molecule has 0 saturated carbocycles. The Morgan fingerprint density at radius 2 is 1.83 bits per heavy atom. The van der Waals surface area contributed by atoms with E-state index in [1.165, 1.54) is 17.0 Å². The van der Waals surface area contributed by atoms with Gasteiger partial charge in [-0.2, -0.15) is 13.2 Å². The van der Waals surface area contributed by atoms with E-state index < -0.39 is 11.7 Å². The summed E-state index contributed by atoms with van der Waals surface area (Å²) in [6, 6.07) is 9.69. The smallest absolute Gasteiger partial charge is 0.315 e. The Labute approximate surface area is 137 Å². The summed E-state index contributed by atoms with van der Waals surface area (Å²) in [7, 11) is 0. The highest BCUT2D eigenvalue weighted by atomic mass is 32.1. The fraction of sp³-hybridized carbons (Fsp3) is 0.412. The number of nitrogens with one attached hydrogen (secondary N) is 1. The van der Waals surface area contributed by atoms with Crippen molar-refractivity contribution in [3.05, 3.63) is 57.8 Å². The standard InChI is InChI=1S/C17H19F3N2S/c18-17(19,20)14-6-4-13(5-7-14)16(15-3-1-12-23-15)22-10-2-8-21-9-11-22/h1,3-7,12,16,21H,2,8-11H2. The van der Waals surface area contributed by atoms with Crippen LogP contribution in [0.2, 0.25) is 0 Å². The molecule has 3 rings (SSSR count). The lowest BCUT2D eigenvalue weighted by atomic mass is 10.0. The van der Waals surface area contributed by atoms with Crippen LogP contribution < -0.4 is 5.32 Å². The molecule has 1 aliphatic heterocycles. The second-order valence-corrected chi connectivity index (χ2v) is 6.66. The average Bonchev–Trinajstić information content (AvgIpc) is 2.90. The quantitative estimate of drug-likeness (QED) is 0.903. The molecule has 1 aromatic heterocycles. The molecular formula is C17H19F3N2S. The highest BCUT2D eigenvalue weighted by Crippen LogP contribution is 2.35. The third-order valence-corrected chi connectivity index (χ3v) is 5.03. The number of hydrogen-bond donors (Lipinski definition) is 1. The van der Waals surface area contributed by atoms with Crippen molar-refractivity contribution >= 4 is 11.3 Å². The summed E-state index contributed by atoms with van der Waals surface area (Å²) >= 11 is 1.65. The molecule has 1 saturated heterocycles. The van der Waals surface area contributed by atoms with Gasteiger partial charge in [0.2, 0.25) is 0 Å². The van der Waals surface area contributed by atoms with E-state index in [4.69, 9.17) is 0 Å². The van der Waals surface area contributed by atoms with Gasteiger partial charge in [-0.15, -0.1) is 11.3 Å². The summed E-state index contributed by atoms with van der Waals surface area (Å²) in [6.07, 6.45) is -3.24. The van der Waals surface area contributed by atoms with Gasteiger partial charge in [-0.1, -0.05) is 18.2 Å². The van der Waals surface area contributed by atoms with Crippen LogP contribution in [-0.2, 0) is 6.18 Å². The number of benzene rings is 1. The van der Waals surface area contributed by atoms with Crippen molar-refractivity contribution in [3.8, 4) is 0 Å². The maximum absolute atomic E-state index is 12.8. The molecule has 1 aliphatic rings. The van der Waals surface area contributed by atoms with Crippen molar-refractivity contribution in [2.24, 2.45) is 0 Å². The van der Waals surface area contributed by atoms with Crippen molar-refractivity contribution in [3.63, 3.8) is 0 Å².